The average molecular weight is 263 g/mol. The van der Waals surface area contributed by atoms with Crippen molar-refractivity contribution in [3.63, 3.8) is 0 Å². The maximum Gasteiger partial charge on any atom is 0.251 e. The van der Waals surface area contributed by atoms with Gasteiger partial charge in [-0.3, -0.25) is 4.79 Å². The second-order valence-corrected chi connectivity index (χ2v) is 5.55. The van der Waals surface area contributed by atoms with E-state index in [9.17, 15) is 15.0 Å². The molecule has 1 aromatic rings. The van der Waals surface area contributed by atoms with Crippen LogP contribution in [0, 0.1) is 12.3 Å². The van der Waals surface area contributed by atoms with E-state index in [1.54, 1.807) is 19.1 Å². The van der Waals surface area contributed by atoms with Gasteiger partial charge in [0.2, 0.25) is 0 Å². The number of carbonyl (C=O) groups is 1. The number of carbonyl (C=O) groups excluding carboxylic acids is 1. The van der Waals surface area contributed by atoms with Crippen LogP contribution in [0.15, 0.2) is 18.2 Å². The Morgan fingerprint density at radius 3 is 2.63 bits per heavy atom. The van der Waals surface area contributed by atoms with Crippen LogP contribution >= 0.6 is 0 Å². The van der Waals surface area contributed by atoms with Gasteiger partial charge in [0, 0.05) is 17.5 Å². The summed E-state index contributed by atoms with van der Waals surface area (Å²) in [5, 5.41) is 22.0. The summed E-state index contributed by atoms with van der Waals surface area (Å²) in [6.45, 7) is 2.40. The molecule has 4 nitrogen and oxygen atoms in total. The van der Waals surface area contributed by atoms with Crippen molar-refractivity contribution in [3.05, 3.63) is 29.3 Å². The number of aromatic hydroxyl groups is 1. The van der Waals surface area contributed by atoms with Crippen LogP contribution in [0.4, 0.5) is 0 Å². The summed E-state index contributed by atoms with van der Waals surface area (Å²) in [6.07, 6.45) is 4.15. The van der Waals surface area contributed by atoms with Crippen molar-refractivity contribution in [3.8, 4) is 5.75 Å². The van der Waals surface area contributed by atoms with Gasteiger partial charge in [0.1, 0.15) is 5.75 Å². The highest BCUT2D eigenvalue weighted by atomic mass is 16.3. The first-order valence-electron chi connectivity index (χ1n) is 6.75. The molecule has 19 heavy (non-hydrogen) atoms. The molecule has 1 aliphatic carbocycles. The maximum atomic E-state index is 12.0. The highest BCUT2D eigenvalue weighted by molar-refractivity contribution is 5.94. The predicted octanol–water partition coefficient (Wildman–Crippen LogP) is 1.98. The first-order chi connectivity index (χ1) is 9.06. The van der Waals surface area contributed by atoms with E-state index in [1.165, 1.54) is 6.07 Å². The maximum absolute atomic E-state index is 12.0. The summed E-state index contributed by atoms with van der Waals surface area (Å²) in [6, 6.07) is 4.90. The van der Waals surface area contributed by atoms with Crippen molar-refractivity contribution in [2.24, 2.45) is 5.41 Å². The van der Waals surface area contributed by atoms with Gasteiger partial charge < -0.3 is 15.5 Å². The van der Waals surface area contributed by atoms with Gasteiger partial charge in [-0.1, -0.05) is 18.9 Å². The van der Waals surface area contributed by atoms with Gasteiger partial charge in [-0.2, -0.15) is 0 Å². The van der Waals surface area contributed by atoms with Crippen LogP contribution in [0.2, 0.25) is 0 Å². The van der Waals surface area contributed by atoms with Crippen LogP contribution in [-0.4, -0.2) is 29.3 Å². The van der Waals surface area contributed by atoms with Crippen LogP contribution in [0.25, 0.3) is 0 Å². The summed E-state index contributed by atoms with van der Waals surface area (Å²) in [5.41, 5.74) is 1.05. The van der Waals surface area contributed by atoms with Crippen LogP contribution in [0.3, 0.4) is 0 Å². The van der Waals surface area contributed by atoms with E-state index in [0.717, 1.165) is 31.2 Å². The summed E-state index contributed by atoms with van der Waals surface area (Å²) in [5.74, 6) is -0.0691. The summed E-state index contributed by atoms with van der Waals surface area (Å²) in [4.78, 5) is 12.0. The quantitative estimate of drug-likeness (QED) is 0.778. The van der Waals surface area contributed by atoms with Crippen LogP contribution in [0.5, 0.6) is 5.75 Å². The molecule has 4 heteroatoms. The molecule has 3 N–H and O–H groups in total. The molecule has 0 atom stereocenters. The molecule has 2 rings (SSSR count). The third kappa shape index (κ3) is 3.07. The average Bonchev–Trinajstić information content (AvgIpc) is 2.89. The van der Waals surface area contributed by atoms with Crippen LogP contribution in [0.1, 0.15) is 41.6 Å². The number of phenols is 1. The topological polar surface area (TPSA) is 69.6 Å². The number of nitrogens with one attached hydrogen (secondary N) is 1. The Hall–Kier alpha value is -1.55. The SMILES string of the molecule is Cc1ccc(C(=O)NCC2(CO)CCCC2)cc1O. The second kappa shape index (κ2) is 5.61. The van der Waals surface area contributed by atoms with E-state index < -0.39 is 0 Å². The zero-order chi connectivity index (χ0) is 13.9. The fourth-order valence-electron chi connectivity index (χ4n) is 2.64. The Morgan fingerprint density at radius 2 is 2.05 bits per heavy atom. The van der Waals surface area contributed by atoms with E-state index in [0.29, 0.717) is 12.1 Å². The molecule has 0 spiro atoms. The Bertz CT molecular complexity index is 464. The highest BCUT2D eigenvalue weighted by Crippen LogP contribution is 2.36. The molecule has 0 aliphatic heterocycles. The number of phenolic OH excluding ortho intramolecular Hbond substituents is 1. The first-order valence-corrected chi connectivity index (χ1v) is 6.75. The van der Waals surface area contributed by atoms with Gasteiger partial charge >= 0.3 is 0 Å². The fourth-order valence-corrected chi connectivity index (χ4v) is 2.64. The number of rotatable bonds is 4. The summed E-state index contributed by atoms with van der Waals surface area (Å²) >= 11 is 0. The number of aryl methyl sites for hydroxylation is 1. The summed E-state index contributed by atoms with van der Waals surface area (Å²) in [7, 11) is 0. The van der Waals surface area contributed by atoms with Gasteiger partial charge in [-0.15, -0.1) is 0 Å². The number of benzene rings is 1. The van der Waals surface area contributed by atoms with Crippen molar-refractivity contribution in [2.75, 3.05) is 13.2 Å². The Kier molecular flexibility index (Phi) is 4.10. The second-order valence-electron chi connectivity index (χ2n) is 5.55. The minimum absolute atomic E-state index is 0.117. The molecule has 1 amide bonds. The normalized spacial score (nSPS) is 17.4. The number of amides is 1. The lowest BCUT2D eigenvalue weighted by atomic mass is 9.87. The molecule has 0 heterocycles. The van der Waals surface area contributed by atoms with Crippen molar-refractivity contribution >= 4 is 5.91 Å². The summed E-state index contributed by atoms with van der Waals surface area (Å²) < 4.78 is 0. The van der Waals surface area contributed by atoms with E-state index in [4.69, 9.17) is 0 Å². The molecular formula is C15H21NO3. The van der Waals surface area contributed by atoms with E-state index in [2.05, 4.69) is 5.32 Å². The smallest absolute Gasteiger partial charge is 0.251 e. The number of hydrogen-bond acceptors (Lipinski definition) is 3. The minimum atomic E-state index is -0.199. The lowest BCUT2D eigenvalue weighted by Crippen LogP contribution is -2.38. The molecule has 0 saturated heterocycles. The molecule has 1 saturated carbocycles. The number of aliphatic hydroxyl groups excluding tert-OH is 1. The van der Waals surface area contributed by atoms with Crippen LogP contribution in [-0.2, 0) is 0 Å². The van der Waals surface area contributed by atoms with Gasteiger partial charge in [0.05, 0.1) is 6.61 Å². The third-order valence-corrected chi connectivity index (χ3v) is 4.09. The van der Waals surface area contributed by atoms with Crippen LogP contribution < -0.4 is 5.32 Å². The molecule has 0 aromatic heterocycles. The van der Waals surface area contributed by atoms with Crippen molar-refractivity contribution < 1.29 is 15.0 Å². The van der Waals surface area contributed by atoms with Crippen molar-refractivity contribution in [1.82, 2.24) is 5.32 Å². The van der Waals surface area contributed by atoms with E-state index in [-0.39, 0.29) is 23.7 Å². The highest BCUT2D eigenvalue weighted by Gasteiger charge is 2.33. The number of hydrogen-bond donors (Lipinski definition) is 3. The number of aliphatic hydroxyl groups is 1. The third-order valence-electron chi connectivity index (χ3n) is 4.09. The van der Waals surface area contributed by atoms with Gasteiger partial charge in [0.25, 0.3) is 5.91 Å². The first kappa shape index (κ1) is 13.9. The van der Waals surface area contributed by atoms with Gasteiger partial charge in [0.15, 0.2) is 0 Å². The molecule has 0 radical (unpaired) electrons. The zero-order valence-electron chi connectivity index (χ0n) is 11.3. The standard InChI is InChI=1S/C15H21NO3/c1-11-4-5-12(8-13(11)18)14(19)16-9-15(10-17)6-2-3-7-15/h4-5,8,17-18H,2-3,6-7,9-10H2,1H3,(H,16,19). The predicted molar refractivity (Wildman–Crippen MR) is 73.2 cm³/mol. The Balaban J connectivity index is 1.99. The monoisotopic (exact) mass is 263 g/mol. The lowest BCUT2D eigenvalue weighted by Gasteiger charge is -2.26. The Morgan fingerprint density at radius 1 is 1.37 bits per heavy atom. The van der Waals surface area contributed by atoms with Crippen molar-refractivity contribution in [1.29, 1.82) is 0 Å². The molecule has 1 aliphatic rings. The Labute approximate surface area is 113 Å². The van der Waals surface area contributed by atoms with Gasteiger partial charge in [-0.05, 0) is 37.5 Å². The van der Waals surface area contributed by atoms with Crippen molar-refractivity contribution in [2.45, 2.75) is 32.6 Å². The molecule has 104 valence electrons. The van der Waals surface area contributed by atoms with E-state index >= 15 is 0 Å². The molecule has 0 bridgehead atoms. The molecule has 1 aromatic carbocycles. The van der Waals surface area contributed by atoms with Gasteiger partial charge in [-0.25, -0.2) is 0 Å². The molecule has 0 unspecified atom stereocenters. The molecule has 1 fully saturated rings. The van der Waals surface area contributed by atoms with E-state index in [1.807, 2.05) is 0 Å². The largest absolute Gasteiger partial charge is 0.508 e. The molecular weight excluding hydrogens is 242 g/mol. The fraction of sp³-hybridized carbons (Fsp3) is 0.533. The minimum Gasteiger partial charge on any atom is -0.508 e. The lowest BCUT2D eigenvalue weighted by molar-refractivity contribution is 0.0880. The zero-order valence-corrected chi connectivity index (χ0v) is 11.3.